The molecular weight excluding hydrogens is 265 g/mol. The molecule has 0 aliphatic rings. The summed E-state index contributed by atoms with van der Waals surface area (Å²) in [6.07, 6.45) is 0. The number of nitrogens with one attached hydrogen (secondary N) is 1. The number of para-hydroxylation sites is 1. The summed E-state index contributed by atoms with van der Waals surface area (Å²) in [5, 5.41) is 3.11. The molecule has 0 bridgehead atoms. The van der Waals surface area contributed by atoms with Crippen molar-refractivity contribution in [3.8, 4) is 0 Å². The minimum absolute atomic E-state index is 0.124. The molecule has 0 aliphatic heterocycles. The fraction of sp³-hybridized carbons (Fsp3) is 0.200. The molecule has 0 amide bonds. The Morgan fingerprint density at radius 2 is 1.70 bits per heavy atom. The Morgan fingerprint density at radius 1 is 1.10 bits per heavy atom. The molecule has 1 unspecified atom stereocenters. The highest BCUT2D eigenvalue weighted by molar-refractivity contribution is 5.52. The summed E-state index contributed by atoms with van der Waals surface area (Å²) in [6.45, 7) is 2.03. The van der Waals surface area contributed by atoms with Crippen molar-refractivity contribution in [3.05, 3.63) is 65.0 Å². The van der Waals surface area contributed by atoms with Crippen molar-refractivity contribution in [3.63, 3.8) is 0 Å². The van der Waals surface area contributed by atoms with Gasteiger partial charge in [-0.05, 0) is 36.2 Å². The van der Waals surface area contributed by atoms with Crippen LogP contribution in [0.4, 0.5) is 18.9 Å². The van der Waals surface area contributed by atoms with Crippen LogP contribution < -0.4 is 11.1 Å². The number of halogens is 3. The van der Waals surface area contributed by atoms with Gasteiger partial charge in [0.1, 0.15) is 0 Å². The third kappa shape index (κ3) is 2.93. The Bertz CT molecular complexity index is 591. The van der Waals surface area contributed by atoms with Gasteiger partial charge in [-0.2, -0.15) is 0 Å². The van der Waals surface area contributed by atoms with Gasteiger partial charge in [-0.25, -0.2) is 13.2 Å². The maximum atomic E-state index is 13.3. The molecule has 2 nitrogen and oxygen atoms in total. The predicted molar refractivity (Wildman–Crippen MR) is 72.9 cm³/mol. The van der Waals surface area contributed by atoms with Crippen LogP contribution in [0.2, 0.25) is 0 Å². The average Bonchev–Trinajstić information content (AvgIpc) is 2.43. The van der Waals surface area contributed by atoms with Crippen LogP contribution in [0.25, 0.3) is 0 Å². The predicted octanol–water partition coefficient (Wildman–Crippen LogP) is 3.52. The Kier molecular flexibility index (Phi) is 4.29. The van der Waals surface area contributed by atoms with E-state index in [-0.39, 0.29) is 12.1 Å². The SMILES string of the molecule is Cc1ccccc1NC(CN)c1cc(F)c(F)c(F)c1. The molecule has 0 saturated heterocycles. The molecule has 20 heavy (non-hydrogen) atoms. The third-order valence-corrected chi connectivity index (χ3v) is 3.12. The summed E-state index contributed by atoms with van der Waals surface area (Å²) in [4.78, 5) is 0. The van der Waals surface area contributed by atoms with Crippen molar-refractivity contribution >= 4 is 5.69 Å². The van der Waals surface area contributed by atoms with E-state index in [0.717, 1.165) is 23.4 Å². The molecule has 0 aromatic heterocycles. The first kappa shape index (κ1) is 14.4. The Morgan fingerprint density at radius 3 is 2.25 bits per heavy atom. The molecule has 0 fully saturated rings. The molecule has 0 spiro atoms. The lowest BCUT2D eigenvalue weighted by Crippen LogP contribution is -2.21. The molecule has 0 heterocycles. The largest absolute Gasteiger partial charge is 0.377 e. The highest BCUT2D eigenvalue weighted by Gasteiger charge is 2.16. The molecule has 0 radical (unpaired) electrons. The van der Waals surface area contributed by atoms with E-state index in [2.05, 4.69) is 5.32 Å². The van der Waals surface area contributed by atoms with E-state index in [9.17, 15) is 13.2 Å². The fourth-order valence-electron chi connectivity index (χ4n) is 1.98. The van der Waals surface area contributed by atoms with E-state index in [0.29, 0.717) is 0 Å². The van der Waals surface area contributed by atoms with Crippen molar-refractivity contribution in [2.24, 2.45) is 5.73 Å². The number of rotatable bonds is 4. The highest BCUT2D eigenvalue weighted by atomic mass is 19.2. The van der Waals surface area contributed by atoms with E-state index in [4.69, 9.17) is 5.73 Å². The van der Waals surface area contributed by atoms with Gasteiger partial charge >= 0.3 is 0 Å². The van der Waals surface area contributed by atoms with Crippen LogP contribution in [0.3, 0.4) is 0 Å². The first-order chi connectivity index (χ1) is 9.52. The van der Waals surface area contributed by atoms with Gasteiger partial charge in [-0.3, -0.25) is 0 Å². The zero-order valence-corrected chi connectivity index (χ0v) is 11.0. The molecular formula is C15H15F3N2. The smallest absolute Gasteiger partial charge is 0.194 e. The Labute approximate surface area is 115 Å². The van der Waals surface area contributed by atoms with E-state index in [1.807, 2.05) is 31.2 Å². The van der Waals surface area contributed by atoms with Crippen molar-refractivity contribution < 1.29 is 13.2 Å². The molecule has 5 heteroatoms. The van der Waals surface area contributed by atoms with Gasteiger partial charge in [-0.15, -0.1) is 0 Å². The second-order valence-corrected chi connectivity index (χ2v) is 4.55. The Hall–Kier alpha value is -2.01. The zero-order chi connectivity index (χ0) is 14.7. The lowest BCUT2D eigenvalue weighted by atomic mass is 10.0. The summed E-state index contributed by atoms with van der Waals surface area (Å²) in [5.41, 5.74) is 7.70. The molecule has 2 aromatic rings. The summed E-state index contributed by atoms with van der Waals surface area (Å²) in [7, 11) is 0. The van der Waals surface area contributed by atoms with Gasteiger partial charge in [0.15, 0.2) is 17.5 Å². The van der Waals surface area contributed by atoms with Gasteiger partial charge in [0.05, 0.1) is 6.04 Å². The third-order valence-electron chi connectivity index (χ3n) is 3.12. The van der Waals surface area contributed by atoms with Crippen LogP contribution in [-0.4, -0.2) is 6.54 Å². The van der Waals surface area contributed by atoms with Crippen molar-refractivity contribution in [1.82, 2.24) is 0 Å². The lowest BCUT2D eigenvalue weighted by molar-refractivity contribution is 0.444. The maximum Gasteiger partial charge on any atom is 0.194 e. The number of hydrogen-bond acceptors (Lipinski definition) is 2. The summed E-state index contributed by atoms with van der Waals surface area (Å²) >= 11 is 0. The van der Waals surface area contributed by atoms with Crippen LogP contribution in [0.5, 0.6) is 0 Å². The quantitative estimate of drug-likeness (QED) is 0.841. The molecule has 3 N–H and O–H groups in total. The van der Waals surface area contributed by atoms with Crippen molar-refractivity contribution in [2.45, 2.75) is 13.0 Å². The maximum absolute atomic E-state index is 13.3. The fourth-order valence-corrected chi connectivity index (χ4v) is 1.98. The number of benzene rings is 2. The van der Waals surface area contributed by atoms with E-state index < -0.39 is 23.5 Å². The molecule has 2 aromatic carbocycles. The molecule has 2 rings (SSSR count). The number of anilines is 1. The minimum Gasteiger partial charge on any atom is -0.377 e. The molecule has 106 valence electrons. The second-order valence-electron chi connectivity index (χ2n) is 4.55. The molecule has 0 aliphatic carbocycles. The number of aryl methyl sites for hydroxylation is 1. The van der Waals surface area contributed by atoms with Gasteiger partial charge < -0.3 is 11.1 Å². The van der Waals surface area contributed by atoms with Crippen LogP contribution >= 0.6 is 0 Å². The van der Waals surface area contributed by atoms with E-state index >= 15 is 0 Å². The molecule has 0 saturated carbocycles. The van der Waals surface area contributed by atoms with Crippen LogP contribution in [-0.2, 0) is 0 Å². The standard InChI is InChI=1S/C15H15F3N2/c1-9-4-2-3-5-13(9)20-14(8-19)10-6-11(16)15(18)12(17)7-10/h2-7,14,20H,8,19H2,1H3. The van der Waals surface area contributed by atoms with Crippen molar-refractivity contribution in [2.75, 3.05) is 11.9 Å². The van der Waals surface area contributed by atoms with Gasteiger partial charge in [0, 0.05) is 12.2 Å². The Balaban J connectivity index is 2.31. The monoisotopic (exact) mass is 280 g/mol. The average molecular weight is 280 g/mol. The van der Waals surface area contributed by atoms with E-state index in [1.165, 1.54) is 0 Å². The van der Waals surface area contributed by atoms with Crippen LogP contribution in [0.15, 0.2) is 36.4 Å². The second kappa shape index (κ2) is 5.96. The first-order valence-corrected chi connectivity index (χ1v) is 6.19. The van der Waals surface area contributed by atoms with Crippen LogP contribution in [0.1, 0.15) is 17.2 Å². The normalized spacial score (nSPS) is 12.2. The minimum atomic E-state index is -1.47. The molecule has 1 atom stereocenters. The summed E-state index contributed by atoms with van der Waals surface area (Å²) < 4.78 is 39.5. The van der Waals surface area contributed by atoms with Crippen molar-refractivity contribution in [1.29, 1.82) is 0 Å². The number of hydrogen-bond donors (Lipinski definition) is 2. The lowest BCUT2D eigenvalue weighted by Gasteiger charge is -2.20. The highest BCUT2D eigenvalue weighted by Crippen LogP contribution is 2.24. The zero-order valence-electron chi connectivity index (χ0n) is 11.0. The van der Waals surface area contributed by atoms with Gasteiger partial charge in [-0.1, -0.05) is 18.2 Å². The first-order valence-electron chi connectivity index (χ1n) is 6.19. The van der Waals surface area contributed by atoms with Crippen LogP contribution in [0, 0.1) is 24.4 Å². The van der Waals surface area contributed by atoms with Gasteiger partial charge in [0.25, 0.3) is 0 Å². The summed E-state index contributed by atoms with van der Waals surface area (Å²) in [6, 6.07) is 8.89. The summed E-state index contributed by atoms with van der Waals surface area (Å²) in [5.74, 6) is -3.91. The number of nitrogens with two attached hydrogens (primary N) is 1. The van der Waals surface area contributed by atoms with Gasteiger partial charge in [0.2, 0.25) is 0 Å². The topological polar surface area (TPSA) is 38.0 Å². The van der Waals surface area contributed by atoms with E-state index in [1.54, 1.807) is 0 Å².